The Labute approximate surface area is 134 Å². The molecule has 2 saturated heterocycles. The molecule has 0 radical (unpaired) electrons. The van der Waals surface area contributed by atoms with Gasteiger partial charge in [0.15, 0.2) is 0 Å². The fraction of sp³-hybridized carbons (Fsp3) is 0.778. The maximum absolute atomic E-state index is 5.48. The molecule has 3 heterocycles. The summed E-state index contributed by atoms with van der Waals surface area (Å²) in [7, 11) is 1.83. The lowest BCUT2D eigenvalue weighted by atomic mass is 9.76. The topological polar surface area (TPSA) is 28.9 Å². The molecule has 4 nitrogen and oxygen atoms in total. The summed E-state index contributed by atoms with van der Waals surface area (Å²) in [5, 5.41) is 0. The lowest BCUT2D eigenvalue weighted by Gasteiger charge is -2.39. The minimum absolute atomic E-state index is 0.507. The van der Waals surface area contributed by atoms with E-state index in [-0.39, 0.29) is 0 Å². The highest BCUT2D eigenvalue weighted by molar-refractivity contribution is 5.02. The van der Waals surface area contributed by atoms with Crippen LogP contribution in [0, 0.1) is 5.41 Å². The summed E-state index contributed by atoms with van der Waals surface area (Å²) in [6, 6.07) is 5.27. The first-order valence-corrected chi connectivity index (χ1v) is 8.61. The van der Waals surface area contributed by atoms with E-state index >= 15 is 0 Å². The number of ether oxygens (including phenoxy) is 1. The smallest absolute Gasteiger partial charge is 0.117 e. The van der Waals surface area contributed by atoms with Gasteiger partial charge in [0, 0.05) is 25.7 Å². The number of hydrogen-bond donors (Lipinski definition) is 0. The van der Waals surface area contributed by atoms with E-state index in [1.54, 1.807) is 6.26 Å². The van der Waals surface area contributed by atoms with Crippen molar-refractivity contribution >= 4 is 0 Å². The quantitative estimate of drug-likeness (QED) is 0.836. The fourth-order valence-corrected chi connectivity index (χ4v) is 4.32. The van der Waals surface area contributed by atoms with Crippen LogP contribution in [0.15, 0.2) is 22.8 Å². The molecule has 1 spiro atoms. The van der Waals surface area contributed by atoms with Crippen molar-refractivity contribution in [2.75, 3.05) is 33.4 Å². The predicted molar refractivity (Wildman–Crippen MR) is 87.8 cm³/mol. The SMILES string of the molecule is COC[C@@H]1CC2(CCN(Cc3ccco3)CC2)CN1C(C)C. The first-order valence-electron chi connectivity index (χ1n) is 8.61. The minimum atomic E-state index is 0.507. The van der Waals surface area contributed by atoms with E-state index in [1.807, 2.05) is 13.2 Å². The van der Waals surface area contributed by atoms with Crippen molar-refractivity contribution in [3.8, 4) is 0 Å². The van der Waals surface area contributed by atoms with Gasteiger partial charge in [-0.1, -0.05) is 0 Å². The van der Waals surface area contributed by atoms with Crippen molar-refractivity contribution in [2.24, 2.45) is 5.41 Å². The molecule has 1 aromatic rings. The number of likely N-dealkylation sites (tertiary alicyclic amines) is 2. The largest absolute Gasteiger partial charge is 0.468 e. The Hall–Kier alpha value is -0.840. The van der Waals surface area contributed by atoms with E-state index in [1.165, 1.54) is 38.9 Å². The molecule has 22 heavy (non-hydrogen) atoms. The van der Waals surface area contributed by atoms with Crippen LogP contribution in [0.5, 0.6) is 0 Å². The maximum Gasteiger partial charge on any atom is 0.117 e. The normalized spacial score (nSPS) is 26.3. The van der Waals surface area contributed by atoms with Gasteiger partial charge in [-0.25, -0.2) is 0 Å². The number of rotatable bonds is 5. The Bertz CT molecular complexity index is 450. The predicted octanol–water partition coefficient (Wildman–Crippen LogP) is 2.99. The van der Waals surface area contributed by atoms with Crippen molar-refractivity contribution in [3.05, 3.63) is 24.2 Å². The second-order valence-corrected chi connectivity index (χ2v) is 7.43. The van der Waals surface area contributed by atoms with Gasteiger partial charge < -0.3 is 9.15 Å². The lowest BCUT2D eigenvalue weighted by Crippen LogP contribution is -2.42. The van der Waals surface area contributed by atoms with E-state index in [9.17, 15) is 0 Å². The summed E-state index contributed by atoms with van der Waals surface area (Å²) in [6.45, 7) is 10.1. The summed E-state index contributed by atoms with van der Waals surface area (Å²) in [5.41, 5.74) is 0.507. The summed E-state index contributed by atoms with van der Waals surface area (Å²) < 4.78 is 11.0. The van der Waals surface area contributed by atoms with Crippen LogP contribution in [-0.4, -0.2) is 55.2 Å². The van der Waals surface area contributed by atoms with E-state index < -0.39 is 0 Å². The molecule has 1 aromatic heterocycles. The molecule has 2 aliphatic heterocycles. The van der Waals surface area contributed by atoms with E-state index in [0.29, 0.717) is 17.5 Å². The Kier molecular flexibility index (Phi) is 4.91. The molecule has 0 aliphatic carbocycles. The van der Waals surface area contributed by atoms with Crippen LogP contribution in [-0.2, 0) is 11.3 Å². The number of furan rings is 1. The van der Waals surface area contributed by atoms with Crippen LogP contribution in [0.4, 0.5) is 0 Å². The standard InChI is InChI=1S/C18H30N2O2/c1-15(2)20-14-18(11-16(20)13-21-3)6-8-19(9-7-18)12-17-5-4-10-22-17/h4-5,10,15-16H,6-9,11-14H2,1-3H3/t16-/m0/s1. The van der Waals surface area contributed by atoms with Gasteiger partial charge in [-0.3, -0.25) is 9.80 Å². The van der Waals surface area contributed by atoms with Gasteiger partial charge in [0.1, 0.15) is 5.76 Å². The molecule has 124 valence electrons. The van der Waals surface area contributed by atoms with Gasteiger partial charge in [-0.2, -0.15) is 0 Å². The number of piperidine rings is 1. The zero-order valence-corrected chi connectivity index (χ0v) is 14.3. The average molecular weight is 306 g/mol. The molecule has 0 unspecified atom stereocenters. The summed E-state index contributed by atoms with van der Waals surface area (Å²) in [5.74, 6) is 1.09. The zero-order valence-electron chi connectivity index (χ0n) is 14.3. The minimum Gasteiger partial charge on any atom is -0.468 e. The second kappa shape index (κ2) is 6.73. The van der Waals surface area contributed by atoms with Gasteiger partial charge in [0.25, 0.3) is 0 Å². The first-order chi connectivity index (χ1) is 10.6. The Balaban J connectivity index is 1.57. The molecular formula is C18H30N2O2. The van der Waals surface area contributed by atoms with Crippen LogP contribution in [0.25, 0.3) is 0 Å². The summed E-state index contributed by atoms with van der Waals surface area (Å²) >= 11 is 0. The van der Waals surface area contributed by atoms with Gasteiger partial charge in [0.05, 0.1) is 19.4 Å². The van der Waals surface area contributed by atoms with Gasteiger partial charge in [-0.15, -0.1) is 0 Å². The van der Waals surface area contributed by atoms with Crippen LogP contribution < -0.4 is 0 Å². The first kappa shape index (κ1) is 16.0. The number of nitrogens with zero attached hydrogens (tertiary/aromatic N) is 2. The number of methoxy groups -OCH3 is 1. The highest BCUT2D eigenvalue weighted by atomic mass is 16.5. The van der Waals surface area contributed by atoms with E-state index in [2.05, 4.69) is 29.7 Å². The number of hydrogen-bond acceptors (Lipinski definition) is 4. The third kappa shape index (κ3) is 3.39. The maximum atomic E-state index is 5.48. The Morgan fingerprint density at radius 3 is 2.73 bits per heavy atom. The van der Waals surface area contributed by atoms with Crippen LogP contribution in [0.2, 0.25) is 0 Å². The van der Waals surface area contributed by atoms with Crippen molar-refractivity contribution in [2.45, 2.75) is 51.7 Å². The molecule has 4 heteroatoms. The lowest BCUT2D eigenvalue weighted by molar-refractivity contribution is 0.0893. The molecule has 0 bridgehead atoms. The van der Waals surface area contributed by atoms with Gasteiger partial charge in [0.2, 0.25) is 0 Å². The van der Waals surface area contributed by atoms with Crippen molar-refractivity contribution in [1.82, 2.24) is 9.80 Å². The Morgan fingerprint density at radius 2 is 2.14 bits per heavy atom. The zero-order chi connectivity index (χ0) is 15.6. The molecule has 2 aliphatic rings. The van der Waals surface area contributed by atoms with Crippen LogP contribution >= 0.6 is 0 Å². The van der Waals surface area contributed by atoms with Crippen molar-refractivity contribution < 1.29 is 9.15 Å². The Morgan fingerprint density at radius 1 is 1.36 bits per heavy atom. The van der Waals surface area contributed by atoms with Crippen LogP contribution in [0.3, 0.4) is 0 Å². The molecule has 2 fully saturated rings. The van der Waals surface area contributed by atoms with E-state index in [4.69, 9.17) is 9.15 Å². The fourth-order valence-electron chi connectivity index (χ4n) is 4.32. The highest BCUT2D eigenvalue weighted by Gasteiger charge is 2.45. The monoisotopic (exact) mass is 306 g/mol. The molecule has 0 N–H and O–H groups in total. The van der Waals surface area contributed by atoms with Gasteiger partial charge >= 0.3 is 0 Å². The van der Waals surface area contributed by atoms with Crippen molar-refractivity contribution in [1.29, 1.82) is 0 Å². The molecule has 3 rings (SSSR count). The molecule has 1 atom stereocenters. The van der Waals surface area contributed by atoms with Crippen LogP contribution in [0.1, 0.15) is 38.9 Å². The van der Waals surface area contributed by atoms with Crippen molar-refractivity contribution in [3.63, 3.8) is 0 Å². The average Bonchev–Trinajstić information content (AvgIpc) is 3.11. The third-order valence-electron chi connectivity index (χ3n) is 5.55. The highest BCUT2D eigenvalue weighted by Crippen LogP contribution is 2.44. The molecule has 0 aromatic carbocycles. The second-order valence-electron chi connectivity index (χ2n) is 7.43. The molecular weight excluding hydrogens is 276 g/mol. The molecule has 0 saturated carbocycles. The molecule has 0 amide bonds. The third-order valence-corrected chi connectivity index (χ3v) is 5.55. The van der Waals surface area contributed by atoms with Gasteiger partial charge in [-0.05, 0) is 63.7 Å². The van der Waals surface area contributed by atoms with E-state index in [0.717, 1.165) is 18.9 Å². The summed E-state index contributed by atoms with van der Waals surface area (Å²) in [6.07, 6.45) is 5.68. The summed E-state index contributed by atoms with van der Waals surface area (Å²) in [4.78, 5) is 5.19.